The number of hydrogen-bond acceptors (Lipinski definition) is 1. The van der Waals surface area contributed by atoms with Crippen molar-refractivity contribution in [3.05, 3.63) is 28.6 Å². The van der Waals surface area contributed by atoms with Crippen molar-refractivity contribution in [3.63, 3.8) is 0 Å². The van der Waals surface area contributed by atoms with Crippen LogP contribution < -0.4 is 0 Å². The van der Waals surface area contributed by atoms with E-state index < -0.39 is 0 Å². The van der Waals surface area contributed by atoms with Crippen LogP contribution in [0.2, 0.25) is 0 Å². The first-order valence-corrected chi connectivity index (χ1v) is 5.37. The van der Waals surface area contributed by atoms with Crippen LogP contribution in [0.3, 0.4) is 0 Å². The largest absolute Gasteiger partial charge is 0.259 e. The maximum atomic E-state index is 13.6. The van der Waals surface area contributed by atoms with Crippen molar-refractivity contribution in [2.45, 2.75) is 18.9 Å². The van der Waals surface area contributed by atoms with Gasteiger partial charge in [-0.25, -0.2) is 4.39 Å². The Balaban J connectivity index is 2.33. The highest BCUT2D eigenvalue weighted by atomic mass is 79.9. The minimum atomic E-state index is -0.196. The van der Waals surface area contributed by atoms with Crippen molar-refractivity contribution < 1.29 is 4.39 Å². The summed E-state index contributed by atoms with van der Waals surface area (Å²) in [6.07, 6.45) is 3.96. The van der Waals surface area contributed by atoms with Crippen LogP contribution >= 0.6 is 15.9 Å². The molecule has 2 aromatic rings. The van der Waals surface area contributed by atoms with Crippen molar-refractivity contribution in [2.24, 2.45) is 0 Å². The van der Waals surface area contributed by atoms with Crippen LogP contribution in [0, 0.1) is 5.82 Å². The van der Waals surface area contributed by atoms with Gasteiger partial charge in [-0.05, 0) is 25.0 Å². The van der Waals surface area contributed by atoms with Crippen molar-refractivity contribution in [1.82, 2.24) is 9.78 Å². The molecule has 0 aliphatic heterocycles. The van der Waals surface area contributed by atoms with Gasteiger partial charge in [0, 0.05) is 9.86 Å². The molecule has 0 radical (unpaired) electrons. The smallest absolute Gasteiger partial charge is 0.150 e. The molecule has 0 bridgehead atoms. The number of fused-ring (bicyclic) bond motifs is 1. The van der Waals surface area contributed by atoms with Crippen molar-refractivity contribution >= 4 is 26.8 Å². The molecule has 0 N–H and O–H groups in total. The van der Waals surface area contributed by atoms with Gasteiger partial charge in [0.15, 0.2) is 0 Å². The van der Waals surface area contributed by atoms with Gasteiger partial charge in [-0.1, -0.05) is 15.9 Å². The van der Waals surface area contributed by atoms with Gasteiger partial charge >= 0.3 is 0 Å². The molecular formula is C10H8BrFN2. The normalized spacial score (nSPS) is 16.4. The zero-order valence-corrected chi connectivity index (χ0v) is 8.96. The Morgan fingerprint density at radius 2 is 2.21 bits per heavy atom. The van der Waals surface area contributed by atoms with Gasteiger partial charge in [-0.2, -0.15) is 5.10 Å². The highest BCUT2D eigenvalue weighted by Gasteiger charge is 2.26. The second-order valence-corrected chi connectivity index (χ2v) is 4.56. The Bertz CT molecular complexity index is 502. The Morgan fingerprint density at radius 3 is 2.93 bits per heavy atom. The lowest BCUT2D eigenvalue weighted by Crippen LogP contribution is -1.97. The summed E-state index contributed by atoms with van der Waals surface area (Å²) in [6, 6.07) is 3.80. The van der Waals surface area contributed by atoms with Gasteiger partial charge in [-0.15, -0.1) is 0 Å². The molecule has 4 heteroatoms. The van der Waals surface area contributed by atoms with E-state index in [4.69, 9.17) is 0 Å². The first-order valence-electron chi connectivity index (χ1n) is 4.58. The molecule has 0 unspecified atom stereocenters. The van der Waals surface area contributed by atoms with Crippen LogP contribution in [-0.2, 0) is 0 Å². The summed E-state index contributed by atoms with van der Waals surface area (Å²) in [6.45, 7) is 0. The Hall–Kier alpha value is -0.900. The lowest BCUT2D eigenvalue weighted by molar-refractivity contribution is 0.603. The highest BCUT2D eigenvalue weighted by molar-refractivity contribution is 9.10. The zero-order chi connectivity index (χ0) is 9.71. The second-order valence-electron chi connectivity index (χ2n) is 3.65. The molecule has 72 valence electrons. The van der Waals surface area contributed by atoms with Gasteiger partial charge in [0.1, 0.15) is 11.3 Å². The number of benzene rings is 1. The van der Waals surface area contributed by atoms with Crippen LogP contribution in [0.1, 0.15) is 18.9 Å². The summed E-state index contributed by atoms with van der Waals surface area (Å²) < 4.78 is 16.2. The zero-order valence-electron chi connectivity index (χ0n) is 7.37. The molecule has 1 heterocycles. The van der Waals surface area contributed by atoms with E-state index in [-0.39, 0.29) is 5.82 Å². The summed E-state index contributed by atoms with van der Waals surface area (Å²) >= 11 is 3.27. The van der Waals surface area contributed by atoms with E-state index in [1.807, 2.05) is 6.07 Å². The number of nitrogens with zero attached hydrogens (tertiary/aromatic N) is 2. The number of hydrogen-bond donors (Lipinski definition) is 0. The molecule has 0 saturated heterocycles. The van der Waals surface area contributed by atoms with Gasteiger partial charge in [0.2, 0.25) is 0 Å². The average Bonchev–Trinajstić information content (AvgIpc) is 2.87. The van der Waals surface area contributed by atoms with E-state index in [0.29, 0.717) is 11.6 Å². The fraction of sp³-hybridized carbons (Fsp3) is 0.300. The standard InChI is InChI=1S/C10H8BrFN2/c11-7-3-6-5-13-14(8-1-2-8)10(6)9(12)4-7/h3-5,8H,1-2H2. The first-order chi connectivity index (χ1) is 6.75. The Kier molecular flexibility index (Phi) is 1.68. The van der Waals surface area contributed by atoms with Crippen molar-refractivity contribution in [2.75, 3.05) is 0 Å². The van der Waals surface area contributed by atoms with E-state index in [9.17, 15) is 4.39 Å². The van der Waals surface area contributed by atoms with E-state index in [1.165, 1.54) is 6.07 Å². The van der Waals surface area contributed by atoms with Crippen LogP contribution in [-0.4, -0.2) is 9.78 Å². The summed E-state index contributed by atoms with van der Waals surface area (Å²) in [4.78, 5) is 0. The third kappa shape index (κ3) is 1.17. The molecule has 0 amide bonds. The molecule has 1 aromatic carbocycles. The van der Waals surface area contributed by atoms with Gasteiger partial charge in [-0.3, -0.25) is 4.68 Å². The number of halogens is 2. The predicted molar refractivity (Wildman–Crippen MR) is 55.7 cm³/mol. The summed E-state index contributed by atoms with van der Waals surface area (Å²) in [7, 11) is 0. The van der Waals surface area contributed by atoms with E-state index in [1.54, 1.807) is 10.9 Å². The average molecular weight is 255 g/mol. The van der Waals surface area contributed by atoms with Gasteiger partial charge in [0.25, 0.3) is 0 Å². The summed E-state index contributed by atoms with van der Waals surface area (Å²) in [5, 5.41) is 5.08. The van der Waals surface area contributed by atoms with Crippen LogP contribution in [0.4, 0.5) is 4.39 Å². The molecule has 2 nitrogen and oxygen atoms in total. The monoisotopic (exact) mass is 254 g/mol. The van der Waals surface area contributed by atoms with Crippen LogP contribution in [0.15, 0.2) is 22.8 Å². The molecule has 0 atom stereocenters. The lowest BCUT2D eigenvalue weighted by atomic mass is 10.2. The van der Waals surface area contributed by atoms with Crippen LogP contribution in [0.5, 0.6) is 0 Å². The molecular weight excluding hydrogens is 247 g/mol. The van der Waals surface area contributed by atoms with E-state index in [2.05, 4.69) is 21.0 Å². The first kappa shape index (κ1) is 8.41. The minimum absolute atomic E-state index is 0.196. The topological polar surface area (TPSA) is 17.8 Å². The quantitative estimate of drug-likeness (QED) is 0.764. The van der Waals surface area contributed by atoms with E-state index >= 15 is 0 Å². The van der Waals surface area contributed by atoms with Crippen molar-refractivity contribution in [3.8, 4) is 0 Å². The summed E-state index contributed by atoms with van der Waals surface area (Å²) in [5.74, 6) is -0.196. The Labute approximate surface area is 88.8 Å². The molecule has 1 aliphatic rings. The third-order valence-electron chi connectivity index (χ3n) is 2.50. The van der Waals surface area contributed by atoms with Gasteiger partial charge in [0.05, 0.1) is 12.2 Å². The molecule has 0 spiro atoms. The highest BCUT2D eigenvalue weighted by Crippen LogP contribution is 2.37. The molecule has 3 rings (SSSR count). The maximum absolute atomic E-state index is 13.6. The lowest BCUT2D eigenvalue weighted by Gasteiger charge is -2.01. The van der Waals surface area contributed by atoms with Gasteiger partial charge < -0.3 is 0 Å². The molecule has 1 aliphatic carbocycles. The number of rotatable bonds is 1. The predicted octanol–water partition coefficient (Wildman–Crippen LogP) is 3.27. The maximum Gasteiger partial charge on any atom is 0.150 e. The summed E-state index contributed by atoms with van der Waals surface area (Å²) in [5.41, 5.74) is 0.635. The SMILES string of the molecule is Fc1cc(Br)cc2cnn(C3CC3)c12. The molecule has 14 heavy (non-hydrogen) atoms. The Morgan fingerprint density at radius 1 is 1.43 bits per heavy atom. The molecule has 1 saturated carbocycles. The van der Waals surface area contributed by atoms with Crippen molar-refractivity contribution in [1.29, 1.82) is 0 Å². The molecule has 1 fully saturated rings. The fourth-order valence-electron chi connectivity index (χ4n) is 1.70. The molecule has 1 aromatic heterocycles. The minimum Gasteiger partial charge on any atom is -0.259 e. The third-order valence-corrected chi connectivity index (χ3v) is 2.96. The number of aromatic nitrogens is 2. The fourth-order valence-corrected chi connectivity index (χ4v) is 2.15. The second kappa shape index (κ2) is 2.79. The van der Waals surface area contributed by atoms with Crippen LogP contribution in [0.25, 0.3) is 10.9 Å². The van der Waals surface area contributed by atoms with E-state index in [0.717, 1.165) is 22.7 Å².